The van der Waals surface area contributed by atoms with Gasteiger partial charge in [-0.05, 0) is 55.5 Å². The largest absolute Gasteiger partial charge is 0.497 e. The third-order valence-electron chi connectivity index (χ3n) is 5.96. The minimum atomic E-state index is -0.279. The van der Waals surface area contributed by atoms with Gasteiger partial charge in [-0.3, -0.25) is 15.2 Å². The summed E-state index contributed by atoms with van der Waals surface area (Å²) >= 11 is 0. The normalized spacial score (nSPS) is 14.5. The number of carbonyl (C=O) groups excluding carboxylic acids is 1. The van der Waals surface area contributed by atoms with E-state index in [1.807, 2.05) is 44.2 Å². The lowest BCUT2D eigenvalue weighted by Gasteiger charge is -2.23. The van der Waals surface area contributed by atoms with Gasteiger partial charge in [0.25, 0.3) is 5.91 Å². The third kappa shape index (κ3) is 6.00. The van der Waals surface area contributed by atoms with Crippen molar-refractivity contribution in [3.05, 3.63) is 53.4 Å². The van der Waals surface area contributed by atoms with Gasteiger partial charge < -0.3 is 19.5 Å². The fourth-order valence-electron chi connectivity index (χ4n) is 3.90. The van der Waals surface area contributed by atoms with Gasteiger partial charge >= 0.3 is 0 Å². The van der Waals surface area contributed by atoms with Crippen LogP contribution in [0.5, 0.6) is 17.2 Å². The fraction of sp³-hybridized carbons (Fsp3) is 0.444. The highest BCUT2D eigenvalue weighted by atomic mass is 16.5. The summed E-state index contributed by atoms with van der Waals surface area (Å²) in [6.07, 6.45) is 2.00. The molecule has 0 saturated heterocycles. The summed E-state index contributed by atoms with van der Waals surface area (Å²) in [5.74, 6) is 1.69. The summed E-state index contributed by atoms with van der Waals surface area (Å²) in [7, 11) is 3.21. The van der Waals surface area contributed by atoms with Crippen molar-refractivity contribution >= 4 is 17.3 Å². The van der Waals surface area contributed by atoms with Crippen molar-refractivity contribution in [2.24, 2.45) is 0 Å². The highest BCUT2D eigenvalue weighted by Gasteiger charge is 2.28. The predicted molar refractivity (Wildman–Crippen MR) is 140 cm³/mol. The van der Waals surface area contributed by atoms with Crippen molar-refractivity contribution in [3.63, 3.8) is 0 Å². The van der Waals surface area contributed by atoms with Gasteiger partial charge in [-0.15, -0.1) is 5.53 Å². The van der Waals surface area contributed by atoms with E-state index < -0.39 is 0 Å². The molecule has 3 N–H and O–H groups in total. The Morgan fingerprint density at radius 1 is 1.09 bits per heavy atom. The highest BCUT2D eigenvalue weighted by Crippen LogP contribution is 2.36. The van der Waals surface area contributed by atoms with E-state index in [1.165, 1.54) is 0 Å². The molecule has 35 heavy (non-hydrogen) atoms. The van der Waals surface area contributed by atoms with Gasteiger partial charge in [-0.25, -0.2) is 0 Å². The second-order valence-electron chi connectivity index (χ2n) is 9.70. The van der Waals surface area contributed by atoms with Gasteiger partial charge in [0.1, 0.15) is 28.6 Å². The first-order chi connectivity index (χ1) is 16.6. The molecule has 1 heterocycles. The molecule has 190 valence electrons. The molecule has 3 rings (SSSR count). The standard InChI is InChI=1S/C27H38N4O4/c1-9-10-17(2)35-23-13-11-19(27(4,5)6)15-21(23)28-26(32)25-18(3)31(30-29-25)22-16-20(33-7)12-14-24(22)34-8/h11-17,29-30H,9-10H2,1-8H3,(H,28,32). The van der Waals surface area contributed by atoms with Crippen molar-refractivity contribution in [2.45, 2.75) is 65.9 Å². The summed E-state index contributed by atoms with van der Waals surface area (Å²) < 4.78 is 17.1. The van der Waals surface area contributed by atoms with E-state index in [4.69, 9.17) is 14.2 Å². The number of ether oxygens (including phenoxy) is 3. The topological polar surface area (TPSA) is 84.1 Å². The number of methoxy groups -OCH3 is 2. The molecule has 0 fully saturated rings. The quantitative estimate of drug-likeness (QED) is 0.449. The Hall–Kier alpha value is -3.39. The van der Waals surface area contributed by atoms with Gasteiger partial charge in [0.2, 0.25) is 0 Å². The first kappa shape index (κ1) is 26.2. The van der Waals surface area contributed by atoms with Crippen LogP contribution in [-0.4, -0.2) is 26.2 Å². The molecular weight excluding hydrogens is 444 g/mol. The SMILES string of the molecule is CCCC(C)Oc1ccc(C(C)(C)C)cc1NC(=O)C1=C(C)N(c2cc(OC)ccc2OC)NN1. The first-order valence-electron chi connectivity index (χ1n) is 12.0. The molecule has 0 aromatic heterocycles. The van der Waals surface area contributed by atoms with Crippen molar-refractivity contribution in [3.8, 4) is 17.2 Å². The number of hydrogen-bond acceptors (Lipinski definition) is 7. The Balaban J connectivity index is 1.92. The molecule has 1 atom stereocenters. The van der Waals surface area contributed by atoms with E-state index in [1.54, 1.807) is 19.2 Å². The van der Waals surface area contributed by atoms with Crippen LogP contribution in [0.1, 0.15) is 59.9 Å². The van der Waals surface area contributed by atoms with E-state index in [9.17, 15) is 4.79 Å². The summed E-state index contributed by atoms with van der Waals surface area (Å²) in [5, 5.41) is 4.81. The number of hydrogen-bond donors (Lipinski definition) is 3. The van der Waals surface area contributed by atoms with Crippen LogP contribution in [0.3, 0.4) is 0 Å². The molecule has 0 aliphatic carbocycles. The summed E-state index contributed by atoms with van der Waals surface area (Å²) in [6, 6.07) is 11.5. The molecule has 1 aliphatic rings. The molecule has 1 unspecified atom stereocenters. The smallest absolute Gasteiger partial charge is 0.275 e. The first-order valence-corrected chi connectivity index (χ1v) is 12.0. The molecule has 0 saturated carbocycles. The summed E-state index contributed by atoms with van der Waals surface area (Å²) in [5.41, 5.74) is 9.51. The molecule has 2 aromatic rings. The number of anilines is 2. The number of allylic oxidation sites excluding steroid dienone is 1. The van der Waals surface area contributed by atoms with Gasteiger partial charge in [0, 0.05) is 6.07 Å². The Bertz CT molecular complexity index is 1090. The van der Waals surface area contributed by atoms with Gasteiger partial charge in [0.05, 0.1) is 31.7 Å². The molecular formula is C27H38N4O4. The number of benzene rings is 2. The monoisotopic (exact) mass is 482 g/mol. The lowest BCUT2D eigenvalue weighted by molar-refractivity contribution is -0.113. The lowest BCUT2D eigenvalue weighted by Crippen LogP contribution is -2.39. The predicted octanol–water partition coefficient (Wildman–Crippen LogP) is 5.27. The molecule has 0 bridgehead atoms. The number of nitrogens with zero attached hydrogens (tertiary/aromatic N) is 1. The van der Waals surface area contributed by atoms with Crippen molar-refractivity contribution in [2.75, 3.05) is 24.5 Å². The second-order valence-corrected chi connectivity index (χ2v) is 9.70. The van der Waals surface area contributed by atoms with E-state index in [0.29, 0.717) is 40.0 Å². The minimum Gasteiger partial charge on any atom is -0.497 e. The maximum Gasteiger partial charge on any atom is 0.275 e. The van der Waals surface area contributed by atoms with E-state index in [0.717, 1.165) is 18.4 Å². The van der Waals surface area contributed by atoms with Gasteiger partial charge in [0.15, 0.2) is 0 Å². The zero-order valence-electron chi connectivity index (χ0n) is 22.0. The maximum absolute atomic E-state index is 13.4. The number of carbonyl (C=O) groups is 1. The average molecular weight is 483 g/mol. The van der Waals surface area contributed by atoms with Crippen molar-refractivity contribution in [1.29, 1.82) is 0 Å². The zero-order valence-corrected chi connectivity index (χ0v) is 22.0. The van der Waals surface area contributed by atoms with E-state index in [-0.39, 0.29) is 17.4 Å². The highest BCUT2D eigenvalue weighted by molar-refractivity contribution is 6.05. The molecule has 1 aliphatic heterocycles. The second kappa shape index (κ2) is 10.9. The van der Waals surface area contributed by atoms with Crippen LogP contribution < -0.4 is 35.5 Å². The summed E-state index contributed by atoms with van der Waals surface area (Å²) in [6.45, 7) is 12.4. The van der Waals surface area contributed by atoms with Crippen LogP contribution in [0.15, 0.2) is 47.8 Å². The number of hydrazine groups is 2. The van der Waals surface area contributed by atoms with Crippen molar-refractivity contribution in [1.82, 2.24) is 11.0 Å². The zero-order chi connectivity index (χ0) is 25.8. The fourth-order valence-corrected chi connectivity index (χ4v) is 3.90. The molecule has 0 radical (unpaired) electrons. The van der Waals surface area contributed by atoms with Gasteiger partial charge in [-0.2, -0.15) is 0 Å². The Morgan fingerprint density at radius 2 is 1.80 bits per heavy atom. The van der Waals surface area contributed by atoms with Crippen molar-refractivity contribution < 1.29 is 19.0 Å². The number of amides is 1. The van der Waals surface area contributed by atoms with Crippen LogP contribution in [-0.2, 0) is 10.2 Å². The average Bonchev–Trinajstić information content (AvgIpc) is 3.20. The Kier molecular flexibility index (Phi) is 8.17. The molecule has 0 spiro atoms. The third-order valence-corrected chi connectivity index (χ3v) is 5.96. The van der Waals surface area contributed by atoms with Crippen LogP contribution in [0.2, 0.25) is 0 Å². The minimum absolute atomic E-state index is 0.0411. The lowest BCUT2D eigenvalue weighted by atomic mass is 9.87. The Labute approximate surface area is 208 Å². The van der Waals surface area contributed by atoms with Crippen LogP contribution >= 0.6 is 0 Å². The van der Waals surface area contributed by atoms with E-state index >= 15 is 0 Å². The molecule has 8 nitrogen and oxygen atoms in total. The number of nitrogens with one attached hydrogen (secondary N) is 3. The molecule has 1 amide bonds. The summed E-state index contributed by atoms with van der Waals surface area (Å²) in [4.78, 5) is 13.4. The van der Waals surface area contributed by atoms with E-state index in [2.05, 4.69) is 50.0 Å². The van der Waals surface area contributed by atoms with Crippen LogP contribution in [0, 0.1) is 0 Å². The maximum atomic E-state index is 13.4. The molecule has 2 aromatic carbocycles. The van der Waals surface area contributed by atoms with Crippen LogP contribution in [0.25, 0.3) is 0 Å². The number of rotatable bonds is 9. The van der Waals surface area contributed by atoms with Crippen LogP contribution in [0.4, 0.5) is 11.4 Å². The molecule has 8 heteroatoms. The Morgan fingerprint density at radius 3 is 2.43 bits per heavy atom. The van der Waals surface area contributed by atoms with Gasteiger partial charge in [-0.1, -0.05) is 40.2 Å².